The number of hydrogen-bond donors (Lipinski definition) is 1. The number of aromatic nitrogens is 1. The van der Waals surface area contributed by atoms with Crippen molar-refractivity contribution in [2.45, 2.75) is 25.4 Å². The summed E-state index contributed by atoms with van der Waals surface area (Å²) in [4.78, 5) is 15.4. The lowest BCUT2D eigenvalue weighted by Crippen LogP contribution is -2.31. The van der Waals surface area contributed by atoms with Crippen LogP contribution in [0.2, 0.25) is 0 Å². The second-order valence-corrected chi connectivity index (χ2v) is 5.55. The van der Waals surface area contributed by atoms with Gasteiger partial charge in [-0.3, -0.25) is 9.78 Å². The van der Waals surface area contributed by atoms with Crippen molar-refractivity contribution in [3.8, 4) is 0 Å². The van der Waals surface area contributed by atoms with Crippen molar-refractivity contribution in [2.75, 3.05) is 12.4 Å². The van der Waals surface area contributed by atoms with Crippen LogP contribution in [0.25, 0.3) is 0 Å². The number of halogens is 4. The van der Waals surface area contributed by atoms with E-state index in [1.54, 1.807) is 0 Å². The first-order valence-corrected chi connectivity index (χ1v) is 7.32. The van der Waals surface area contributed by atoms with Crippen LogP contribution in [-0.4, -0.2) is 23.3 Å². The minimum atomic E-state index is -4.45. The number of amides is 1. The fourth-order valence-corrected chi connectivity index (χ4v) is 3.00. The predicted octanol–water partition coefficient (Wildman–Crippen LogP) is 3.49. The summed E-state index contributed by atoms with van der Waals surface area (Å²) in [5.41, 5.74) is -0.875. The zero-order valence-electron chi connectivity index (χ0n) is 11.3. The molecule has 1 heterocycles. The zero-order valence-corrected chi connectivity index (χ0v) is 12.0. The number of hydrogen-bond acceptors (Lipinski definition) is 2. The number of nitrogens with one attached hydrogen (secondary N) is 1. The molecule has 1 aromatic rings. The molecule has 3 nitrogen and oxygen atoms in total. The third-order valence-corrected chi connectivity index (χ3v) is 4.26. The van der Waals surface area contributed by atoms with Gasteiger partial charge in [0.25, 0.3) is 5.91 Å². The monoisotopic (exact) mass is 320 g/mol. The second-order valence-electron chi connectivity index (χ2n) is 5.25. The van der Waals surface area contributed by atoms with Gasteiger partial charge >= 0.3 is 6.18 Å². The van der Waals surface area contributed by atoms with Gasteiger partial charge in [0.15, 0.2) is 0 Å². The lowest BCUT2D eigenvalue weighted by Gasteiger charge is -2.17. The van der Waals surface area contributed by atoms with Gasteiger partial charge in [0.05, 0.1) is 5.56 Å². The number of rotatable bonds is 4. The van der Waals surface area contributed by atoms with Crippen molar-refractivity contribution in [2.24, 2.45) is 11.8 Å². The van der Waals surface area contributed by atoms with Crippen LogP contribution >= 0.6 is 11.6 Å². The molecule has 1 aromatic heterocycles. The Hall–Kier alpha value is -1.30. The van der Waals surface area contributed by atoms with E-state index >= 15 is 0 Å². The summed E-state index contributed by atoms with van der Waals surface area (Å²) >= 11 is 5.86. The molecule has 1 fully saturated rings. The van der Waals surface area contributed by atoms with Crippen molar-refractivity contribution in [3.63, 3.8) is 0 Å². The summed E-state index contributed by atoms with van der Waals surface area (Å²) in [5, 5.41) is 2.72. The number of carbonyl (C=O) groups is 1. The van der Waals surface area contributed by atoms with Gasteiger partial charge in [0, 0.05) is 18.6 Å². The maximum absolute atomic E-state index is 12.4. The van der Waals surface area contributed by atoms with E-state index in [1.165, 1.54) is 0 Å². The second kappa shape index (κ2) is 6.64. The quantitative estimate of drug-likeness (QED) is 0.863. The molecule has 2 atom stereocenters. The molecule has 1 aliphatic carbocycles. The molecule has 1 N–H and O–H groups in total. The summed E-state index contributed by atoms with van der Waals surface area (Å²) in [6.07, 6.45) is -0.609. The maximum atomic E-state index is 12.4. The summed E-state index contributed by atoms with van der Waals surface area (Å²) in [7, 11) is 0. The standard InChI is InChI=1S/C14H16ClF3N2O/c15-6-9-2-1-3-10(9)7-20-13(21)12-5-4-11(8-19-12)14(16,17)18/h4-5,8-10H,1-3,6-7H2,(H,20,21). The molecule has 0 radical (unpaired) electrons. The molecule has 0 spiro atoms. The third-order valence-electron chi connectivity index (χ3n) is 3.86. The van der Waals surface area contributed by atoms with Crippen molar-refractivity contribution >= 4 is 17.5 Å². The molecule has 21 heavy (non-hydrogen) atoms. The summed E-state index contributed by atoms with van der Waals surface area (Å²) in [6.45, 7) is 0.485. The topological polar surface area (TPSA) is 42.0 Å². The largest absolute Gasteiger partial charge is 0.417 e. The van der Waals surface area contributed by atoms with Gasteiger partial charge in [-0.15, -0.1) is 11.6 Å². The SMILES string of the molecule is O=C(NCC1CCCC1CCl)c1ccc(C(F)(F)F)cn1. The molecule has 116 valence electrons. The Morgan fingerprint density at radius 3 is 2.62 bits per heavy atom. The van der Waals surface area contributed by atoms with Gasteiger partial charge in [-0.05, 0) is 36.8 Å². The molecule has 0 aliphatic heterocycles. The van der Waals surface area contributed by atoms with Crippen LogP contribution in [0.5, 0.6) is 0 Å². The van der Waals surface area contributed by atoms with Crippen molar-refractivity contribution in [1.82, 2.24) is 10.3 Å². The summed E-state index contributed by atoms with van der Waals surface area (Å²) < 4.78 is 37.2. The minimum Gasteiger partial charge on any atom is -0.350 e. The Morgan fingerprint density at radius 2 is 2.05 bits per heavy atom. The van der Waals surface area contributed by atoms with E-state index in [1.807, 2.05) is 0 Å². The lowest BCUT2D eigenvalue weighted by atomic mass is 9.98. The Balaban J connectivity index is 1.91. The molecule has 0 saturated heterocycles. The van der Waals surface area contributed by atoms with Crippen LogP contribution in [-0.2, 0) is 6.18 Å². The van der Waals surface area contributed by atoms with Crippen molar-refractivity contribution < 1.29 is 18.0 Å². The smallest absolute Gasteiger partial charge is 0.350 e. The molecule has 1 aliphatic rings. The highest BCUT2D eigenvalue weighted by molar-refractivity contribution is 6.18. The molecule has 0 bridgehead atoms. The van der Waals surface area contributed by atoms with Crippen LogP contribution in [0.15, 0.2) is 18.3 Å². The first-order chi connectivity index (χ1) is 9.91. The first kappa shape index (κ1) is 16.1. The Bertz CT molecular complexity index is 490. The van der Waals surface area contributed by atoms with Gasteiger partial charge in [-0.1, -0.05) is 6.42 Å². The van der Waals surface area contributed by atoms with Crippen LogP contribution in [0.1, 0.15) is 35.3 Å². The van der Waals surface area contributed by atoms with Crippen LogP contribution < -0.4 is 5.32 Å². The molecule has 1 amide bonds. The molecule has 2 rings (SSSR count). The van der Waals surface area contributed by atoms with Gasteiger partial charge in [0.2, 0.25) is 0 Å². The van der Waals surface area contributed by atoms with Crippen molar-refractivity contribution in [1.29, 1.82) is 0 Å². The van der Waals surface area contributed by atoms with Crippen LogP contribution in [0.3, 0.4) is 0 Å². The predicted molar refractivity (Wildman–Crippen MR) is 73.1 cm³/mol. The first-order valence-electron chi connectivity index (χ1n) is 6.79. The fraction of sp³-hybridized carbons (Fsp3) is 0.571. The Kier molecular flexibility index (Phi) is 5.08. The third kappa shape index (κ3) is 4.09. The average molecular weight is 321 g/mol. The van der Waals surface area contributed by atoms with Crippen molar-refractivity contribution in [3.05, 3.63) is 29.6 Å². The maximum Gasteiger partial charge on any atom is 0.417 e. The van der Waals surface area contributed by atoms with Crippen LogP contribution in [0.4, 0.5) is 13.2 Å². The van der Waals surface area contributed by atoms with Crippen LogP contribution in [0, 0.1) is 11.8 Å². The van der Waals surface area contributed by atoms with Gasteiger partial charge < -0.3 is 5.32 Å². The highest BCUT2D eigenvalue weighted by Gasteiger charge is 2.31. The lowest BCUT2D eigenvalue weighted by molar-refractivity contribution is -0.137. The van der Waals surface area contributed by atoms with Gasteiger partial charge in [0.1, 0.15) is 5.69 Å². The van der Waals surface area contributed by atoms with E-state index in [9.17, 15) is 18.0 Å². The van der Waals surface area contributed by atoms with E-state index in [2.05, 4.69) is 10.3 Å². The van der Waals surface area contributed by atoms with E-state index in [-0.39, 0.29) is 5.69 Å². The van der Waals surface area contributed by atoms with Gasteiger partial charge in [-0.2, -0.15) is 13.2 Å². The molecule has 1 saturated carbocycles. The highest BCUT2D eigenvalue weighted by Crippen LogP contribution is 2.32. The number of carbonyl (C=O) groups excluding carboxylic acids is 1. The molecule has 0 aromatic carbocycles. The molecule has 2 unspecified atom stereocenters. The average Bonchev–Trinajstić information content (AvgIpc) is 2.91. The minimum absolute atomic E-state index is 0.0107. The molecular weight excluding hydrogens is 305 g/mol. The van der Waals surface area contributed by atoms with E-state index in [0.717, 1.165) is 31.4 Å². The highest BCUT2D eigenvalue weighted by atomic mass is 35.5. The van der Waals surface area contributed by atoms with E-state index in [4.69, 9.17) is 11.6 Å². The Labute approximate surface area is 125 Å². The normalized spacial score (nSPS) is 22.3. The zero-order chi connectivity index (χ0) is 15.5. The van der Waals surface area contributed by atoms with Gasteiger partial charge in [-0.25, -0.2) is 0 Å². The summed E-state index contributed by atoms with van der Waals surface area (Å²) in [6, 6.07) is 1.95. The number of nitrogens with zero attached hydrogens (tertiary/aromatic N) is 1. The number of alkyl halides is 4. The molecular formula is C14H16ClF3N2O. The van der Waals surface area contributed by atoms with E-state index < -0.39 is 17.6 Å². The Morgan fingerprint density at radius 1 is 1.33 bits per heavy atom. The number of pyridine rings is 1. The fourth-order valence-electron chi connectivity index (χ4n) is 2.60. The van der Waals surface area contributed by atoms with E-state index in [0.29, 0.717) is 30.5 Å². The molecule has 7 heteroatoms. The summed E-state index contributed by atoms with van der Waals surface area (Å²) in [5.74, 6) is 0.844.